The first-order valence-corrected chi connectivity index (χ1v) is 4.20. The first-order chi connectivity index (χ1) is 5.22. The van der Waals surface area contributed by atoms with Crippen LogP contribution in [0.3, 0.4) is 0 Å². The molecule has 0 aliphatic rings. The predicted octanol–water partition coefficient (Wildman–Crippen LogP) is 2.35. The molecule has 2 heteroatoms. The lowest BCUT2D eigenvalue weighted by Gasteiger charge is -2.18. The Morgan fingerprint density at radius 1 is 1.45 bits per heavy atom. The van der Waals surface area contributed by atoms with E-state index in [-0.39, 0.29) is 6.10 Å². The molecule has 2 nitrogen and oxygen atoms in total. The van der Waals surface area contributed by atoms with E-state index >= 15 is 0 Å². The Bertz CT molecular complexity index is 128. The molecule has 0 saturated heterocycles. The number of nitriles is 1. The molecule has 0 N–H and O–H groups in total. The summed E-state index contributed by atoms with van der Waals surface area (Å²) in [5.41, 5.74) is 0. The average Bonchev–Trinajstić information content (AvgIpc) is 2.00. The summed E-state index contributed by atoms with van der Waals surface area (Å²) in [4.78, 5) is 0. The highest BCUT2D eigenvalue weighted by molar-refractivity contribution is 4.72. The molecule has 0 spiro atoms. The SMILES string of the molecule is CCOC(C)C(C)CCC#N. The highest BCUT2D eigenvalue weighted by Crippen LogP contribution is 2.12. The van der Waals surface area contributed by atoms with E-state index in [1.165, 1.54) is 0 Å². The zero-order valence-corrected chi connectivity index (χ0v) is 7.63. The Morgan fingerprint density at radius 3 is 2.55 bits per heavy atom. The second-order valence-electron chi connectivity index (χ2n) is 2.83. The van der Waals surface area contributed by atoms with Crippen LogP contribution in [0.4, 0.5) is 0 Å². The molecule has 0 amide bonds. The minimum absolute atomic E-state index is 0.286. The largest absolute Gasteiger partial charge is 0.379 e. The molecule has 0 aromatic rings. The first kappa shape index (κ1) is 10.4. The van der Waals surface area contributed by atoms with Crippen molar-refractivity contribution in [2.24, 2.45) is 5.92 Å². The van der Waals surface area contributed by atoms with E-state index < -0.39 is 0 Å². The molecular formula is C9H17NO. The molecular weight excluding hydrogens is 138 g/mol. The van der Waals surface area contributed by atoms with Crippen LogP contribution >= 0.6 is 0 Å². The van der Waals surface area contributed by atoms with Crippen molar-refractivity contribution in [2.75, 3.05) is 6.61 Å². The molecule has 0 rings (SSSR count). The van der Waals surface area contributed by atoms with Crippen LogP contribution in [-0.4, -0.2) is 12.7 Å². The molecule has 64 valence electrons. The number of ether oxygens (including phenoxy) is 1. The van der Waals surface area contributed by atoms with Crippen molar-refractivity contribution in [1.82, 2.24) is 0 Å². The molecule has 2 atom stereocenters. The highest BCUT2D eigenvalue weighted by atomic mass is 16.5. The van der Waals surface area contributed by atoms with Crippen LogP contribution < -0.4 is 0 Å². The van der Waals surface area contributed by atoms with Crippen molar-refractivity contribution in [3.63, 3.8) is 0 Å². The summed E-state index contributed by atoms with van der Waals surface area (Å²) in [5.74, 6) is 0.495. The van der Waals surface area contributed by atoms with Gasteiger partial charge in [-0.15, -0.1) is 0 Å². The summed E-state index contributed by atoms with van der Waals surface area (Å²) < 4.78 is 5.39. The van der Waals surface area contributed by atoms with Crippen molar-refractivity contribution in [2.45, 2.75) is 39.7 Å². The summed E-state index contributed by atoms with van der Waals surface area (Å²) in [6.07, 6.45) is 1.87. The highest BCUT2D eigenvalue weighted by Gasteiger charge is 2.10. The number of hydrogen-bond donors (Lipinski definition) is 0. The summed E-state index contributed by atoms with van der Waals surface area (Å²) in [5, 5.41) is 8.34. The normalized spacial score (nSPS) is 15.5. The van der Waals surface area contributed by atoms with Gasteiger partial charge in [0.05, 0.1) is 12.2 Å². The van der Waals surface area contributed by atoms with Gasteiger partial charge in [0, 0.05) is 13.0 Å². The lowest BCUT2D eigenvalue weighted by molar-refractivity contribution is 0.0366. The average molecular weight is 155 g/mol. The zero-order valence-electron chi connectivity index (χ0n) is 7.63. The van der Waals surface area contributed by atoms with Gasteiger partial charge in [0.2, 0.25) is 0 Å². The van der Waals surface area contributed by atoms with E-state index in [1.54, 1.807) is 0 Å². The Balaban J connectivity index is 3.47. The van der Waals surface area contributed by atoms with Gasteiger partial charge in [-0.2, -0.15) is 5.26 Å². The van der Waals surface area contributed by atoms with Gasteiger partial charge < -0.3 is 4.74 Å². The van der Waals surface area contributed by atoms with Crippen LogP contribution in [0.15, 0.2) is 0 Å². The maximum Gasteiger partial charge on any atom is 0.0621 e. The second-order valence-corrected chi connectivity index (χ2v) is 2.83. The standard InChI is InChI=1S/C9H17NO/c1-4-11-9(3)8(2)6-5-7-10/h8-9H,4-6H2,1-3H3. The Kier molecular flexibility index (Phi) is 5.87. The molecule has 11 heavy (non-hydrogen) atoms. The van der Waals surface area contributed by atoms with Crippen molar-refractivity contribution in [1.29, 1.82) is 5.26 Å². The van der Waals surface area contributed by atoms with E-state index in [0.29, 0.717) is 12.3 Å². The third kappa shape index (κ3) is 4.80. The van der Waals surface area contributed by atoms with E-state index in [9.17, 15) is 0 Å². The Labute approximate surface area is 69.2 Å². The van der Waals surface area contributed by atoms with Crippen LogP contribution in [0, 0.1) is 17.2 Å². The Hall–Kier alpha value is -0.550. The summed E-state index contributed by atoms with van der Waals surface area (Å²) in [6.45, 7) is 6.94. The fourth-order valence-corrected chi connectivity index (χ4v) is 0.954. The third-order valence-electron chi connectivity index (χ3n) is 1.94. The van der Waals surface area contributed by atoms with E-state index in [2.05, 4.69) is 19.9 Å². The monoisotopic (exact) mass is 155 g/mol. The van der Waals surface area contributed by atoms with Gasteiger partial charge in [0.15, 0.2) is 0 Å². The molecule has 0 aromatic carbocycles. The smallest absolute Gasteiger partial charge is 0.0621 e. The minimum Gasteiger partial charge on any atom is -0.379 e. The van der Waals surface area contributed by atoms with Gasteiger partial charge in [0.1, 0.15) is 0 Å². The molecule has 0 heterocycles. The van der Waals surface area contributed by atoms with Gasteiger partial charge in [-0.25, -0.2) is 0 Å². The molecule has 0 radical (unpaired) electrons. The third-order valence-corrected chi connectivity index (χ3v) is 1.94. The minimum atomic E-state index is 0.286. The van der Waals surface area contributed by atoms with Gasteiger partial charge >= 0.3 is 0 Å². The molecule has 0 aromatic heterocycles. The summed E-state index contributed by atoms with van der Waals surface area (Å²) >= 11 is 0. The van der Waals surface area contributed by atoms with Crippen molar-refractivity contribution >= 4 is 0 Å². The van der Waals surface area contributed by atoms with Crippen molar-refractivity contribution in [3.8, 4) is 6.07 Å². The predicted molar refractivity (Wildman–Crippen MR) is 45.1 cm³/mol. The molecule has 0 fully saturated rings. The Morgan fingerprint density at radius 2 is 2.09 bits per heavy atom. The van der Waals surface area contributed by atoms with Crippen LogP contribution in [0.2, 0.25) is 0 Å². The van der Waals surface area contributed by atoms with Crippen molar-refractivity contribution < 1.29 is 4.74 Å². The maximum atomic E-state index is 8.34. The van der Waals surface area contributed by atoms with E-state index in [1.807, 2.05) is 6.92 Å². The lowest BCUT2D eigenvalue weighted by atomic mass is 10.0. The van der Waals surface area contributed by atoms with Crippen LogP contribution in [-0.2, 0) is 4.74 Å². The molecule has 0 bridgehead atoms. The van der Waals surface area contributed by atoms with Gasteiger partial charge in [0.25, 0.3) is 0 Å². The second kappa shape index (κ2) is 6.18. The van der Waals surface area contributed by atoms with Crippen LogP contribution in [0.5, 0.6) is 0 Å². The lowest BCUT2D eigenvalue weighted by Crippen LogP contribution is -2.17. The number of hydrogen-bond acceptors (Lipinski definition) is 2. The molecule has 2 unspecified atom stereocenters. The topological polar surface area (TPSA) is 33.0 Å². The van der Waals surface area contributed by atoms with E-state index in [0.717, 1.165) is 13.0 Å². The zero-order chi connectivity index (χ0) is 8.69. The van der Waals surface area contributed by atoms with Gasteiger partial charge in [-0.05, 0) is 26.2 Å². The summed E-state index contributed by atoms with van der Waals surface area (Å²) in [7, 11) is 0. The fourth-order valence-electron chi connectivity index (χ4n) is 0.954. The molecule has 0 aliphatic heterocycles. The van der Waals surface area contributed by atoms with Crippen molar-refractivity contribution in [3.05, 3.63) is 0 Å². The quantitative estimate of drug-likeness (QED) is 0.610. The first-order valence-electron chi connectivity index (χ1n) is 4.20. The number of nitrogens with zero attached hydrogens (tertiary/aromatic N) is 1. The van der Waals surface area contributed by atoms with Gasteiger partial charge in [-0.3, -0.25) is 0 Å². The maximum absolute atomic E-state index is 8.34. The summed E-state index contributed by atoms with van der Waals surface area (Å²) in [6, 6.07) is 2.14. The van der Waals surface area contributed by atoms with Crippen LogP contribution in [0.1, 0.15) is 33.6 Å². The molecule has 0 aliphatic carbocycles. The fraction of sp³-hybridized carbons (Fsp3) is 0.889. The number of rotatable bonds is 5. The van der Waals surface area contributed by atoms with Gasteiger partial charge in [-0.1, -0.05) is 6.92 Å². The van der Waals surface area contributed by atoms with Crippen LogP contribution in [0.25, 0.3) is 0 Å². The molecule has 0 saturated carbocycles. The van der Waals surface area contributed by atoms with E-state index in [4.69, 9.17) is 10.00 Å².